The highest BCUT2D eigenvalue weighted by atomic mass is 35.5. The van der Waals surface area contributed by atoms with Crippen molar-refractivity contribution in [2.75, 3.05) is 17.7 Å². The van der Waals surface area contributed by atoms with Gasteiger partial charge in [0.2, 0.25) is 0 Å². The second-order valence-electron chi connectivity index (χ2n) is 4.39. The number of nitrogens with one attached hydrogen (secondary N) is 3. The Morgan fingerprint density at radius 2 is 2.14 bits per heavy atom. The van der Waals surface area contributed by atoms with Crippen molar-refractivity contribution in [1.29, 1.82) is 5.41 Å². The molecule has 0 radical (unpaired) electrons. The summed E-state index contributed by atoms with van der Waals surface area (Å²) in [7, 11) is 1.65. The summed E-state index contributed by atoms with van der Waals surface area (Å²) in [6.45, 7) is 1.82. The lowest BCUT2D eigenvalue weighted by atomic mass is 10.1. The zero-order chi connectivity index (χ0) is 16.3. The SMILES string of the molecule is CNc1c(Nc2cc([N+](=O)[O-])ccc2C)ncnc1C(=N)Cl. The number of aromatic nitrogens is 2. The van der Waals surface area contributed by atoms with Gasteiger partial charge in [0.05, 0.1) is 4.92 Å². The minimum Gasteiger partial charge on any atom is -0.383 e. The maximum Gasteiger partial charge on any atom is 0.271 e. The van der Waals surface area contributed by atoms with Crippen LogP contribution in [0.2, 0.25) is 0 Å². The second kappa shape index (κ2) is 6.35. The van der Waals surface area contributed by atoms with Gasteiger partial charge in [-0.05, 0) is 12.5 Å². The van der Waals surface area contributed by atoms with E-state index in [9.17, 15) is 10.1 Å². The third-order valence-electron chi connectivity index (χ3n) is 2.99. The van der Waals surface area contributed by atoms with Gasteiger partial charge in [-0.3, -0.25) is 15.5 Å². The van der Waals surface area contributed by atoms with E-state index >= 15 is 0 Å². The van der Waals surface area contributed by atoms with Crippen LogP contribution in [0.25, 0.3) is 0 Å². The molecule has 114 valence electrons. The van der Waals surface area contributed by atoms with Crippen LogP contribution in [0.1, 0.15) is 11.3 Å². The number of halogens is 1. The molecule has 2 rings (SSSR count). The van der Waals surface area contributed by atoms with Crippen molar-refractivity contribution in [3.63, 3.8) is 0 Å². The average Bonchev–Trinajstić information content (AvgIpc) is 2.48. The summed E-state index contributed by atoms with van der Waals surface area (Å²) in [5.74, 6) is 0.376. The number of aryl methyl sites for hydroxylation is 1. The van der Waals surface area contributed by atoms with Crippen LogP contribution in [-0.2, 0) is 0 Å². The van der Waals surface area contributed by atoms with Gasteiger partial charge in [-0.25, -0.2) is 9.97 Å². The Hall–Kier alpha value is -2.74. The van der Waals surface area contributed by atoms with Gasteiger partial charge in [-0.1, -0.05) is 17.7 Å². The summed E-state index contributed by atoms with van der Waals surface area (Å²) in [4.78, 5) is 18.4. The van der Waals surface area contributed by atoms with Crippen molar-refractivity contribution < 1.29 is 4.92 Å². The number of rotatable bonds is 5. The molecule has 22 heavy (non-hydrogen) atoms. The standard InChI is InChI=1S/C13H13ClN6O2/c1-7-3-4-8(20(21)22)5-9(7)19-13-11(16-2)10(12(14)15)17-6-18-13/h3-6,15-16H,1-2H3,(H,17,18,19). The van der Waals surface area contributed by atoms with Crippen LogP contribution < -0.4 is 10.6 Å². The highest BCUT2D eigenvalue weighted by Crippen LogP contribution is 2.29. The predicted octanol–water partition coefficient (Wildman–Crippen LogP) is 3.04. The predicted molar refractivity (Wildman–Crippen MR) is 85.4 cm³/mol. The van der Waals surface area contributed by atoms with E-state index in [2.05, 4.69) is 20.6 Å². The first kappa shape index (κ1) is 15.6. The number of non-ortho nitro benzene ring substituents is 1. The summed E-state index contributed by atoms with van der Waals surface area (Å²) in [6.07, 6.45) is 1.27. The van der Waals surface area contributed by atoms with Gasteiger partial charge in [0.15, 0.2) is 5.82 Å². The maximum absolute atomic E-state index is 10.9. The van der Waals surface area contributed by atoms with Crippen molar-refractivity contribution >= 4 is 39.7 Å². The fourth-order valence-corrected chi connectivity index (χ4v) is 2.01. The molecule has 0 aliphatic heterocycles. The van der Waals surface area contributed by atoms with Crippen molar-refractivity contribution in [3.05, 3.63) is 45.9 Å². The molecule has 0 atom stereocenters. The minimum absolute atomic E-state index is 0.0292. The summed E-state index contributed by atoms with van der Waals surface area (Å²) in [6, 6.07) is 4.49. The van der Waals surface area contributed by atoms with Gasteiger partial charge >= 0.3 is 0 Å². The van der Waals surface area contributed by atoms with Gasteiger partial charge in [0.1, 0.15) is 22.9 Å². The maximum atomic E-state index is 10.9. The first-order valence-corrected chi connectivity index (χ1v) is 6.61. The Kier molecular flexibility index (Phi) is 4.52. The Labute approximate surface area is 131 Å². The topological polar surface area (TPSA) is 117 Å². The lowest BCUT2D eigenvalue weighted by Gasteiger charge is -2.14. The molecule has 9 heteroatoms. The highest BCUT2D eigenvalue weighted by Gasteiger charge is 2.15. The summed E-state index contributed by atoms with van der Waals surface area (Å²) in [5.41, 5.74) is 2.00. The van der Waals surface area contributed by atoms with Crippen LogP contribution >= 0.6 is 11.6 Å². The van der Waals surface area contributed by atoms with Crippen LogP contribution in [0.15, 0.2) is 24.5 Å². The minimum atomic E-state index is -0.469. The molecule has 0 spiro atoms. The molecule has 0 saturated carbocycles. The summed E-state index contributed by atoms with van der Waals surface area (Å²) < 4.78 is 0. The van der Waals surface area contributed by atoms with Crippen molar-refractivity contribution in [2.24, 2.45) is 0 Å². The second-order valence-corrected chi connectivity index (χ2v) is 4.77. The molecule has 0 aliphatic carbocycles. The van der Waals surface area contributed by atoms with E-state index in [0.717, 1.165) is 5.56 Å². The molecule has 8 nitrogen and oxygen atoms in total. The molecule has 1 aromatic carbocycles. The van der Waals surface area contributed by atoms with Crippen molar-refractivity contribution in [2.45, 2.75) is 6.92 Å². The Morgan fingerprint density at radius 1 is 1.41 bits per heavy atom. The molecule has 0 amide bonds. The lowest BCUT2D eigenvalue weighted by molar-refractivity contribution is -0.384. The number of hydrogen-bond donors (Lipinski definition) is 3. The van der Waals surface area contributed by atoms with Gasteiger partial charge in [0, 0.05) is 24.9 Å². The van der Waals surface area contributed by atoms with E-state index < -0.39 is 4.92 Å². The monoisotopic (exact) mass is 320 g/mol. The summed E-state index contributed by atoms with van der Waals surface area (Å²) in [5, 5.41) is 24.0. The molecular formula is C13H13ClN6O2. The van der Waals surface area contributed by atoms with Crippen molar-refractivity contribution in [1.82, 2.24) is 9.97 Å². The quantitative estimate of drug-likeness (QED) is 0.443. The first-order chi connectivity index (χ1) is 10.4. The van der Waals surface area contributed by atoms with E-state index in [0.29, 0.717) is 17.2 Å². The van der Waals surface area contributed by atoms with E-state index in [4.69, 9.17) is 17.0 Å². The molecule has 0 bridgehead atoms. The number of nitro benzene ring substituents is 1. The molecule has 1 aromatic heterocycles. The van der Waals surface area contributed by atoms with Gasteiger partial charge in [0.25, 0.3) is 5.69 Å². The van der Waals surface area contributed by atoms with Crippen LogP contribution in [0, 0.1) is 22.4 Å². The Balaban J connectivity index is 2.47. The summed E-state index contributed by atoms with van der Waals surface area (Å²) >= 11 is 5.70. The number of nitrogens with zero attached hydrogens (tertiary/aromatic N) is 3. The third-order valence-corrected chi connectivity index (χ3v) is 3.17. The molecule has 1 heterocycles. The van der Waals surface area contributed by atoms with Gasteiger partial charge in [-0.15, -0.1) is 0 Å². The average molecular weight is 321 g/mol. The smallest absolute Gasteiger partial charge is 0.271 e. The van der Waals surface area contributed by atoms with Gasteiger partial charge in [-0.2, -0.15) is 0 Å². The first-order valence-electron chi connectivity index (χ1n) is 6.23. The van der Waals surface area contributed by atoms with E-state index in [1.54, 1.807) is 13.1 Å². The Bertz CT molecular complexity index is 749. The molecule has 2 aromatic rings. The number of hydrogen-bond acceptors (Lipinski definition) is 7. The van der Waals surface area contributed by atoms with Crippen LogP contribution in [0.4, 0.5) is 22.9 Å². The number of nitro groups is 1. The van der Waals surface area contributed by atoms with Crippen LogP contribution in [0.3, 0.4) is 0 Å². The molecule has 0 aliphatic rings. The molecule has 0 fully saturated rings. The molecule has 0 unspecified atom stereocenters. The van der Waals surface area contributed by atoms with Crippen LogP contribution in [0.5, 0.6) is 0 Å². The molecular weight excluding hydrogens is 308 g/mol. The van der Waals surface area contributed by atoms with Crippen LogP contribution in [-0.4, -0.2) is 27.1 Å². The zero-order valence-corrected chi connectivity index (χ0v) is 12.6. The largest absolute Gasteiger partial charge is 0.383 e. The lowest BCUT2D eigenvalue weighted by Crippen LogP contribution is -2.08. The number of benzene rings is 1. The normalized spacial score (nSPS) is 10.1. The fourth-order valence-electron chi connectivity index (χ4n) is 1.87. The molecule has 0 saturated heterocycles. The Morgan fingerprint density at radius 3 is 2.73 bits per heavy atom. The fraction of sp³-hybridized carbons (Fsp3) is 0.154. The van der Waals surface area contributed by atoms with E-state index in [1.165, 1.54) is 18.5 Å². The van der Waals surface area contributed by atoms with Gasteiger partial charge < -0.3 is 10.6 Å². The highest BCUT2D eigenvalue weighted by molar-refractivity contribution is 6.69. The van der Waals surface area contributed by atoms with E-state index in [1.807, 2.05) is 6.92 Å². The third kappa shape index (κ3) is 3.12. The van der Waals surface area contributed by atoms with E-state index in [-0.39, 0.29) is 16.6 Å². The number of anilines is 3. The zero-order valence-electron chi connectivity index (χ0n) is 11.8. The molecule has 3 N–H and O–H groups in total. The van der Waals surface area contributed by atoms with Crippen molar-refractivity contribution in [3.8, 4) is 0 Å².